The smallest absolute Gasteiger partial charge is 0.322 e. The van der Waals surface area contributed by atoms with Crippen molar-refractivity contribution >= 4 is 29.0 Å². The number of carbonyl (C=O) groups excluding carboxylic acids is 2. The summed E-state index contributed by atoms with van der Waals surface area (Å²) in [6.45, 7) is 9.30. The van der Waals surface area contributed by atoms with Gasteiger partial charge in [-0.15, -0.1) is 11.3 Å². The van der Waals surface area contributed by atoms with Gasteiger partial charge in [0.2, 0.25) is 5.91 Å². The maximum absolute atomic E-state index is 13.6. The number of rotatable bonds is 13. The highest BCUT2D eigenvalue weighted by molar-refractivity contribution is 7.11. The second-order valence-electron chi connectivity index (χ2n) is 9.38. The Morgan fingerprint density at radius 3 is 2.28 bits per heavy atom. The van der Waals surface area contributed by atoms with Gasteiger partial charge in [-0.25, -0.2) is 4.79 Å². The summed E-state index contributed by atoms with van der Waals surface area (Å²) < 4.78 is 16.3. The lowest BCUT2D eigenvalue weighted by Crippen LogP contribution is -2.47. The zero-order valence-corrected chi connectivity index (χ0v) is 24.5. The van der Waals surface area contributed by atoms with Crippen molar-refractivity contribution in [2.24, 2.45) is 0 Å². The monoisotopic (exact) mass is 553 g/mol. The number of urea groups is 1. The molecule has 1 heterocycles. The van der Waals surface area contributed by atoms with Gasteiger partial charge >= 0.3 is 6.03 Å². The predicted octanol–water partition coefficient (Wildman–Crippen LogP) is 5.99. The van der Waals surface area contributed by atoms with Crippen LogP contribution in [0, 0.1) is 6.92 Å². The van der Waals surface area contributed by atoms with Crippen molar-refractivity contribution in [1.29, 1.82) is 0 Å². The highest BCUT2D eigenvalue weighted by Gasteiger charge is 2.24. The number of ether oxygens (including phenoxy) is 3. The van der Waals surface area contributed by atoms with E-state index in [-0.39, 0.29) is 24.5 Å². The maximum atomic E-state index is 13.6. The molecule has 9 heteroatoms. The summed E-state index contributed by atoms with van der Waals surface area (Å²) in [7, 11) is 3.21. The van der Waals surface area contributed by atoms with Crippen LogP contribution < -0.4 is 19.5 Å². The molecular formula is C30H39N3O5S. The third kappa shape index (κ3) is 8.64. The quantitative estimate of drug-likeness (QED) is 0.281. The van der Waals surface area contributed by atoms with Crippen molar-refractivity contribution in [3.63, 3.8) is 0 Å². The fourth-order valence-electron chi connectivity index (χ4n) is 4.08. The number of amides is 3. The highest BCUT2D eigenvalue weighted by Crippen LogP contribution is 2.28. The van der Waals surface area contributed by atoms with Crippen molar-refractivity contribution in [3.05, 3.63) is 69.9 Å². The van der Waals surface area contributed by atoms with Crippen LogP contribution in [0.1, 0.15) is 36.1 Å². The van der Waals surface area contributed by atoms with Gasteiger partial charge in [0.1, 0.15) is 12.3 Å². The lowest BCUT2D eigenvalue weighted by atomic mass is 10.1. The number of carbonyl (C=O) groups is 2. The number of benzene rings is 2. The van der Waals surface area contributed by atoms with E-state index in [0.29, 0.717) is 43.3 Å². The minimum Gasteiger partial charge on any atom is -0.494 e. The van der Waals surface area contributed by atoms with Crippen LogP contribution in [0.2, 0.25) is 0 Å². The minimum atomic E-state index is -0.325. The first-order chi connectivity index (χ1) is 18.7. The molecule has 210 valence electrons. The van der Waals surface area contributed by atoms with Gasteiger partial charge in [0.15, 0.2) is 11.5 Å². The average molecular weight is 554 g/mol. The van der Waals surface area contributed by atoms with Gasteiger partial charge < -0.3 is 29.3 Å². The molecule has 3 aromatic rings. The zero-order chi connectivity index (χ0) is 28.4. The Morgan fingerprint density at radius 1 is 0.974 bits per heavy atom. The van der Waals surface area contributed by atoms with Gasteiger partial charge in [0, 0.05) is 28.0 Å². The van der Waals surface area contributed by atoms with Crippen LogP contribution in [0.4, 0.5) is 10.5 Å². The third-order valence-corrected chi connectivity index (χ3v) is 7.21. The lowest BCUT2D eigenvalue weighted by molar-refractivity contribution is -0.132. The van der Waals surface area contributed by atoms with Crippen molar-refractivity contribution in [1.82, 2.24) is 9.80 Å². The van der Waals surface area contributed by atoms with E-state index < -0.39 is 0 Å². The number of methoxy groups -OCH3 is 2. The Balaban J connectivity index is 1.73. The first-order valence-corrected chi connectivity index (χ1v) is 13.9. The molecule has 39 heavy (non-hydrogen) atoms. The summed E-state index contributed by atoms with van der Waals surface area (Å²) in [5, 5.41) is 2.91. The van der Waals surface area contributed by atoms with Crippen molar-refractivity contribution in [2.45, 2.75) is 46.7 Å². The van der Waals surface area contributed by atoms with E-state index in [1.54, 1.807) is 42.6 Å². The van der Waals surface area contributed by atoms with Gasteiger partial charge in [-0.2, -0.15) is 0 Å². The van der Waals surface area contributed by atoms with E-state index in [1.165, 1.54) is 4.88 Å². The first-order valence-electron chi connectivity index (χ1n) is 13.1. The van der Waals surface area contributed by atoms with Gasteiger partial charge in [-0.3, -0.25) is 4.79 Å². The number of anilines is 1. The fraction of sp³-hybridized carbons (Fsp3) is 0.400. The molecule has 0 spiro atoms. The molecule has 0 aliphatic rings. The lowest BCUT2D eigenvalue weighted by Gasteiger charge is -2.30. The van der Waals surface area contributed by atoms with Crippen LogP contribution in [0.5, 0.6) is 17.2 Å². The molecular weight excluding hydrogens is 514 g/mol. The fourth-order valence-corrected chi connectivity index (χ4v) is 4.99. The Labute approximate surface area is 235 Å². The summed E-state index contributed by atoms with van der Waals surface area (Å²) in [6, 6.07) is 16.6. The maximum Gasteiger partial charge on any atom is 0.322 e. The predicted molar refractivity (Wildman–Crippen MR) is 156 cm³/mol. The molecule has 0 unspecified atom stereocenters. The molecule has 0 bridgehead atoms. The second-order valence-corrected chi connectivity index (χ2v) is 10.7. The average Bonchev–Trinajstić information content (AvgIpc) is 3.34. The molecule has 3 rings (SSSR count). The molecule has 0 atom stereocenters. The molecule has 0 aliphatic carbocycles. The molecule has 0 aliphatic heterocycles. The van der Waals surface area contributed by atoms with Gasteiger partial charge in [-0.1, -0.05) is 6.07 Å². The van der Waals surface area contributed by atoms with Crippen LogP contribution in [-0.2, 0) is 17.8 Å². The number of thiophene rings is 1. The highest BCUT2D eigenvalue weighted by atomic mass is 32.1. The summed E-state index contributed by atoms with van der Waals surface area (Å²) >= 11 is 1.67. The Bertz CT molecular complexity index is 1230. The summed E-state index contributed by atoms with van der Waals surface area (Å²) in [4.78, 5) is 32.5. The SMILES string of the molecule is CCOc1ccc(NC(=O)N(CC(=O)N(CCc2ccc(OC)c(OC)c2)Cc2ccc(C)s2)C(C)C)cc1. The van der Waals surface area contributed by atoms with Crippen LogP contribution in [-0.4, -0.2) is 61.7 Å². The van der Waals surface area contributed by atoms with Gasteiger partial charge in [-0.05, 0) is 88.2 Å². The first kappa shape index (κ1) is 29.8. The van der Waals surface area contributed by atoms with Crippen molar-refractivity contribution < 1.29 is 23.8 Å². The summed E-state index contributed by atoms with van der Waals surface area (Å²) in [5.74, 6) is 1.94. The topological polar surface area (TPSA) is 80.3 Å². The van der Waals surface area contributed by atoms with Crippen LogP contribution in [0.3, 0.4) is 0 Å². The van der Waals surface area contributed by atoms with Gasteiger partial charge in [0.25, 0.3) is 0 Å². The Morgan fingerprint density at radius 2 is 1.69 bits per heavy atom. The van der Waals surface area contributed by atoms with E-state index >= 15 is 0 Å². The van der Waals surface area contributed by atoms with Crippen molar-refractivity contribution in [2.75, 3.05) is 39.2 Å². The standard InChI is InChI=1S/C30H39N3O5S/c1-7-38-25-12-10-24(11-13-25)31-30(35)33(21(2)3)20-29(34)32(19-26-14-8-22(4)39-26)17-16-23-9-15-27(36-5)28(18-23)37-6/h8-15,18,21H,7,16-17,19-20H2,1-6H3,(H,31,35). The number of nitrogens with zero attached hydrogens (tertiary/aromatic N) is 2. The van der Waals surface area contributed by atoms with E-state index in [4.69, 9.17) is 14.2 Å². The number of aryl methyl sites for hydroxylation is 1. The normalized spacial score (nSPS) is 10.7. The largest absolute Gasteiger partial charge is 0.494 e. The summed E-state index contributed by atoms with van der Waals surface area (Å²) in [6.07, 6.45) is 0.635. The summed E-state index contributed by atoms with van der Waals surface area (Å²) in [5.41, 5.74) is 1.67. The molecule has 2 aromatic carbocycles. The van der Waals surface area contributed by atoms with E-state index in [0.717, 1.165) is 16.2 Å². The van der Waals surface area contributed by atoms with E-state index in [9.17, 15) is 9.59 Å². The van der Waals surface area contributed by atoms with E-state index in [1.807, 2.05) is 56.0 Å². The minimum absolute atomic E-state index is 0.0309. The third-order valence-electron chi connectivity index (χ3n) is 6.22. The Hall–Kier alpha value is -3.72. The number of hydrogen-bond acceptors (Lipinski definition) is 6. The molecule has 8 nitrogen and oxygen atoms in total. The molecule has 0 saturated heterocycles. The molecule has 3 amide bonds. The second kappa shape index (κ2) is 14.4. The van der Waals surface area contributed by atoms with E-state index in [2.05, 4.69) is 24.4 Å². The molecule has 0 fully saturated rings. The van der Waals surface area contributed by atoms with Crippen LogP contribution >= 0.6 is 11.3 Å². The Kier molecular flexibility index (Phi) is 11.0. The van der Waals surface area contributed by atoms with Crippen LogP contribution in [0.25, 0.3) is 0 Å². The molecule has 1 aromatic heterocycles. The molecule has 0 saturated carbocycles. The number of hydrogen-bond donors (Lipinski definition) is 1. The zero-order valence-electron chi connectivity index (χ0n) is 23.7. The van der Waals surface area contributed by atoms with Crippen LogP contribution in [0.15, 0.2) is 54.6 Å². The number of nitrogens with one attached hydrogen (secondary N) is 1. The molecule has 0 radical (unpaired) electrons. The van der Waals surface area contributed by atoms with Gasteiger partial charge in [0.05, 0.1) is 27.4 Å². The molecule has 1 N–H and O–H groups in total. The van der Waals surface area contributed by atoms with Crippen molar-refractivity contribution in [3.8, 4) is 17.2 Å².